The molecule has 3 nitrogen and oxygen atoms in total. The van der Waals surface area contributed by atoms with Crippen LogP contribution in [0.3, 0.4) is 0 Å². The maximum atomic E-state index is 11.0. The van der Waals surface area contributed by atoms with Crippen molar-refractivity contribution in [3.63, 3.8) is 0 Å². The van der Waals surface area contributed by atoms with Gasteiger partial charge in [-0.25, -0.2) is 0 Å². The van der Waals surface area contributed by atoms with Crippen LogP contribution < -0.4 is 0 Å². The second kappa shape index (κ2) is 4.83. The third-order valence-corrected chi connectivity index (χ3v) is 8.65. The molecule has 4 aliphatic rings. The van der Waals surface area contributed by atoms with Gasteiger partial charge in [0.05, 0.1) is 12.2 Å². The Balaban J connectivity index is 1.80. The van der Waals surface area contributed by atoms with Crippen LogP contribution in [0.1, 0.15) is 58.8 Å². The first-order valence-electron chi connectivity index (χ1n) is 9.44. The maximum absolute atomic E-state index is 11.0. The van der Waals surface area contributed by atoms with Gasteiger partial charge in [-0.15, -0.1) is 0 Å². The first-order valence-corrected chi connectivity index (χ1v) is 9.44. The molecular weight excluding hydrogens is 288 g/mol. The number of fused-ring (bicyclic) bond motifs is 3. The molecule has 4 saturated carbocycles. The Morgan fingerprint density at radius 2 is 1.91 bits per heavy atom. The Hall–Kier alpha value is -0.380. The fraction of sp³-hybridized carbons (Fsp3) is 0.900. The minimum absolute atomic E-state index is 0.0178. The van der Waals surface area contributed by atoms with Crippen molar-refractivity contribution < 1.29 is 15.3 Å². The summed E-state index contributed by atoms with van der Waals surface area (Å²) in [6.07, 6.45) is 6.33. The first kappa shape index (κ1) is 16.1. The van der Waals surface area contributed by atoms with Crippen LogP contribution in [0.25, 0.3) is 0 Å². The summed E-state index contributed by atoms with van der Waals surface area (Å²) in [4.78, 5) is 0. The van der Waals surface area contributed by atoms with Crippen molar-refractivity contribution in [3.8, 4) is 0 Å². The maximum Gasteiger partial charge on any atom is 0.0810 e. The Morgan fingerprint density at radius 1 is 1.17 bits per heavy atom. The fourth-order valence-electron chi connectivity index (χ4n) is 7.80. The SMILES string of the molecule is C=C1[C@@H]2C[C@@H](O)[C@H]3[C@]4(C)CCC[C@](C)(CO)[C@H]4CC[C@]3(C2)[C@@H]1O. The summed E-state index contributed by atoms with van der Waals surface area (Å²) in [6, 6.07) is 0. The third kappa shape index (κ3) is 1.82. The zero-order valence-electron chi connectivity index (χ0n) is 14.6. The van der Waals surface area contributed by atoms with E-state index in [2.05, 4.69) is 20.4 Å². The standard InChI is InChI=1S/C20H32O3/c1-12-13-9-14(22)16-19(3)7-4-6-18(2,11-21)15(19)5-8-20(16,10-13)17(12)23/h13-17,21-23H,1,4-11H2,2-3H3/t13-,14-,15-,16+,17-,18-,19-,20-/m1/s1. The summed E-state index contributed by atoms with van der Waals surface area (Å²) < 4.78 is 0. The number of rotatable bonds is 1. The summed E-state index contributed by atoms with van der Waals surface area (Å²) in [5.41, 5.74) is 0.781. The van der Waals surface area contributed by atoms with Crippen LogP contribution in [0.4, 0.5) is 0 Å². The summed E-state index contributed by atoms with van der Waals surface area (Å²) in [7, 11) is 0. The van der Waals surface area contributed by atoms with Gasteiger partial charge in [-0.05, 0) is 72.7 Å². The van der Waals surface area contributed by atoms with Crippen LogP contribution in [-0.4, -0.2) is 34.1 Å². The lowest BCUT2D eigenvalue weighted by Crippen LogP contribution is -2.62. The summed E-state index contributed by atoms with van der Waals surface area (Å²) in [5, 5.41) is 32.1. The van der Waals surface area contributed by atoms with Crippen molar-refractivity contribution in [2.24, 2.45) is 34.0 Å². The Kier molecular flexibility index (Phi) is 3.38. The minimum Gasteiger partial charge on any atom is -0.396 e. The second-order valence-corrected chi connectivity index (χ2v) is 9.66. The van der Waals surface area contributed by atoms with E-state index in [-0.39, 0.29) is 34.9 Å². The number of aliphatic hydroxyl groups is 3. The molecule has 4 fully saturated rings. The Labute approximate surface area is 139 Å². The van der Waals surface area contributed by atoms with E-state index in [1.54, 1.807) is 0 Å². The van der Waals surface area contributed by atoms with Gasteiger partial charge < -0.3 is 15.3 Å². The van der Waals surface area contributed by atoms with Gasteiger partial charge in [0.2, 0.25) is 0 Å². The molecule has 0 aromatic rings. The van der Waals surface area contributed by atoms with E-state index in [4.69, 9.17) is 0 Å². The van der Waals surface area contributed by atoms with Crippen molar-refractivity contribution in [1.82, 2.24) is 0 Å². The molecule has 0 radical (unpaired) electrons. The highest BCUT2D eigenvalue weighted by Crippen LogP contribution is 2.71. The average molecular weight is 320 g/mol. The normalized spacial score (nSPS) is 58.7. The lowest BCUT2D eigenvalue weighted by molar-refractivity contribution is -0.210. The predicted octanol–water partition coefficient (Wildman–Crippen LogP) is 2.89. The van der Waals surface area contributed by atoms with Crippen LogP contribution in [0.5, 0.6) is 0 Å². The molecule has 0 aliphatic heterocycles. The van der Waals surface area contributed by atoms with Gasteiger partial charge >= 0.3 is 0 Å². The molecule has 130 valence electrons. The molecule has 0 heterocycles. The summed E-state index contributed by atoms with van der Waals surface area (Å²) >= 11 is 0. The molecular formula is C20H32O3. The van der Waals surface area contributed by atoms with E-state index in [9.17, 15) is 15.3 Å². The number of hydrogen-bond donors (Lipinski definition) is 3. The van der Waals surface area contributed by atoms with E-state index < -0.39 is 6.10 Å². The van der Waals surface area contributed by atoms with E-state index in [1.807, 2.05) is 0 Å². The average Bonchev–Trinajstić information content (AvgIpc) is 2.68. The molecule has 0 saturated heterocycles. The van der Waals surface area contributed by atoms with Crippen LogP contribution >= 0.6 is 0 Å². The zero-order valence-corrected chi connectivity index (χ0v) is 14.6. The van der Waals surface area contributed by atoms with Crippen molar-refractivity contribution in [2.75, 3.05) is 6.61 Å². The highest BCUT2D eigenvalue weighted by Gasteiger charge is 2.68. The van der Waals surface area contributed by atoms with Crippen molar-refractivity contribution in [3.05, 3.63) is 12.2 Å². The Morgan fingerprint density at radius 3 is 2.61 bits per heavy atom. The predicted molar refractivity (Wildman–Crippen MR) is 89.7 cm³/mol. The second-order valence-electron chi connectivity index (χ2n) is 9.66. The van der Waals surface area contributed by atoms with E-state index in [0.29, 0.717) is 11.8 Å². The van der Waals surface area contributed by atoms with Gasteiger partial charge in [-0.3, -0.25) is 0 Å². The molecule has 1 spiro atoms. The summed E-state index contributed by atoms with van der Waals surface area (Å²) in [6.45, 7) is 8.98. The highest BCUT2D eigenvalue weighted by molar-refractivity contribution is 5.28. The van der Waals surface area contributed by atoms with Gasteiger partial charge in [0, 0.05) is 12.0 Å². The third-order valence-electron chi connectivity index (χ3n) is 8.65. The highest BCUT2D eigenvalue weighted by atomic mass is 16.3. The molecule has 3 N–H and O–H groups in total. The van der Waals surface area contributed by atoms with E-state index in [1.165, 1.54) is 0 Å². The molecule has 4 aliphatic carbocycles. The molecule has 0 aromatic carbocycles. The molecule has 0 aromatic heterocycles. The number of aliphatic hydroxyl groups excluding tert-OH is 3. The lowest BCUT2D eigenvalue weighted by atomic mass is 9.40. The Bertz CT molecular complexity index is 531. The number of hydrogen-bond acceptors (Lipinski definition) is 3. The fourth-order valence-corrected chi connectivity index (χ4v) is 7.80. The van der Waals surface area contributed by atoms with Crippen LogP contribution in [0, 0.1) is 34.0 Å². The molecule has 23 heavy (non-hydrogen) atoms. The largest absolute Gasteiger partial charge is 0.396 e. The summed E-state index contributed by atoms with van der Waals surface area (Å²) in [5.74, 6) is 0.881. The van der Waals surface area contributed by atoms with Gasteiger partial charge in [0.1, 0.15) is 0 Å². The van der Waals surface area contributed by atoms with Gasteiger partial charge in [-0.1, -0.05) is 26.8 Å². The van der Waals surface area contributed by atoms with Crippen LogP contribution in [0.15, 0.2) is 12.2 Å². The van der Waals surface area contributed by atoms with Gasteiger partial charge in [0.25, 0.3) is 0 Å². The lowest BCUT2D eigenvalue weighted by Gasteiger charge is -2.65. The topological polar surface area (TPSA) is 60.7 Å². The molecule has 8 atom stereocenters. The quantitative estimate of drug-likeness (QED) is 0.651. The van der Waals surface area contributed by atoms with Gasteiger partial charge in [-0.2, -0.15) is 0 Å². The smallest absolute Gasteiger partial charge is 0.0810 e. The van der Waals surface area contributed by atoms with Crippen molar-refractivity contribution in [2.45, 2.75) is 71.0 Å². The monoisotopic (exact) mass is 320 g/mol. The molecule has 0 amide bonds. The van der Waals surface area contributed by atoms with Crippen LogP contribution in [-0.2, 0) is 0 Å². The molecule has 4 rings (SSSR count). The van der Waals surface area contributed by atoms with E-state index >= 15 is 0 Å². The first-order chi connectivity index (χ1) is 10.8. The molecule has 0 unspecified atom stereocenters. The zero-order chi connectivity index (χ0) is 16.6. The van der Waals surface area contributed by atoms with Crippen molar-refractivity contribution >= 4 is 0 Å². The minimum atomic E-state index is -0.449. The van der Waals surface area contributed by atoms with E-state index in [0.717, 1.165) is 50.5 Å². The molecule has 3 heteroatoms. The molecule has 2 bridgehead atoms. The van der Waals surface area contributed by atoms with Crippen molar-refractivity contribution in [1.29, 1.82) is 0 Å². The van der Waals surface area contributed by atoms with Gasteiger partial charge in [0.15, 0.2) is 0 Å². The van der Waals surface area contributed by atoms with Crippen LogP contribution in [0.2, 0.25) is 0 Å².